The number of amides is 1. The van der Waals surface area contributed by atoms with Crippen LogP contribution in [0.2, 0.25) is 0 Å². The summed E-state index contributed by atoms with van der Waals surface area (Å²) < 4.78 is 6.73. The van der Waals surface area contributed by atoms with Crippen LogP contribution in [0.25, 0.3) is 11.0 Å². The van der Waals surface area contributed by atoms with Crippen molar-refractivity contribution in [3.05, 3.63) is 64.6 Å². The molecule has 1 aliphatic rings. The number of benzene rings is 2. The van der Waals surface area contributed by atoms with E-state index in [4.69, 9.17) is 4.74 Å². The highest BCUT2D eigenvalue weighted by Gasteiger charge is 2.24. The molecule has 1 saturated heterocycles. The fraction of sp³-hybridized carbons (Fsp3) is 0.333. The number of aromatic nitrogens is 2. The third-order valence-corrected chi connectivity index (χ3v) is 5.41. The van der Waals surface area contributed by atoms with Gasteiger partial charge >= 0.3 is 5.69 Å². The second-order valence-electron chi connectivity index (χ2n) is 6.96. The molecular formula is C21H23N3O3. The van der Waals surface area contributed by atoms with E-state index in [1.165, 1.54) is 10.1 Å². The number of carbonyl (C=O) groups excluding carboxylic acids is 1. The quantitative estimate of drug-likeness (QED) is 0.773. The van der Waals surface area contributed by atoms with Crippen molar-refractivity contribution in [2.45, 2.75) is 25.3 Å². The zero-order valence-corrected chi connectivity index (χ0v) is 15.4. The number of aromatic amines is 1. The lowest BCUT2D eigenvalue weighted by Gasteiger charge is -2.32. The number of piperidine rings is 1. The summed E-state index contributed by atoms with van der Waals surface area (Å²) in [5, 5.41) is 0. The largest absolute Gasteiger partial charge is 0.497 e. The van der Waals surface area contributed by atoms with Gasteiger partial charge in [-0.3, -0.25) is 9.36 Å². The summed E-state index contributed by atoms with van der Waals surface area (Å²) >= 11 is 0. The summed E-state index contributed by atoms with van der Waals surface area (Å²) in [5.41, 5.74) is 2.57. The zero-order valence-electron chi connectivity index (χ0n) is 15.4. The van der Waals surface area contributed by atoms with Crippen molar-refractivity contribution in [3.8, 4) is 5.75 Å². The van der Waals surface area contributed by atoms with E-state index in [0.717, 1.165) is 29.6 Å². The molecule has 1 aliphatic heterocycles. The number of hydrogen-bond donors (Lipinski definition) is 1. The van der Waals surface area contributed by atoms with E-state index in [2.05, 4.69) is 17.1 Å². The van der Waals surface area contributed by atoms with Crippen LogP contribution in [0.4, 0.5) is 0 Å². The maximum absolute atomic E-state index is 12.7. The Morgan fingerprint density at radius 3 is 2.52 bits per heavy atom. The molecule has 1 fully saturated rings. The minimum atomic E-state index is -0.238. The summed E-state index contributed by atoms with van der Waals surface area (Å²) in [6.45, 7) is 1.51. The van der Waals surface area contributed by atoms with Crippen LogP contribution in [-0.4, -0.2) is 40.6 Å². The molecule has 140 valence electrons. The number of nitrogens with zero attached hydrogens (tertiary/aromatic N) is 2. The SMILES string of the molecule is COc1ccc(C2CCN(C(=O)Cn3c(=O)[nH]c4ccccc43)CC2)cc1. The standard InChI is InChI=1S/C21H23N3O3/c1-27-17-8-6-15(7-9-17)16-10-12-23(13-11-16)20(25)14-24-19-5-3-2-4-18(19)22-21(24)26/h2-9,16H,10-14H2,1H3,(H,22,26). The van der Waals surface area contributed by atoms with Crippen LogP contribution in [0.3, 0.4) is 0 Å². The molecule has 0 bridgehead atoms. The second kappa shape index (κ2) is 7.31. The van der Waals surface area contributed by atoms with E-state index in [1.54, 1.807) is 7.11 Å². The number of ether oxygens (including phenoxy) is 1. The Bertz CT molecular complexity index is 995. The van der Waals surface area contributed by atoms with Gasteiger partial charge < -0.3 is 14.6 Å². The summed E-state index contributed by atoms with van der Waals surface area (Å²) in [6, 6.07) is 15.6. The average molecular weight is 365 g/mol. The first-order chi connectivity index (χ1) is 13.2. The first kappa shape index (κ1) is 17.4. The van der Waals surface area contributed by atoms with Gasteiger partial charge in [-0.15, -0.1) is 0 Å². The van der Waals surface area contributed by atoms with Crippen molar-refractivity contribution in [1.82, 2.24) is 14.5 Å². The van der Waals surface area contributed by atoms with Gasteiger partial charge in [-0.2, -0.15) is 0 Å². The lowest BCUT2D eigenvalue weighted by molar-refractivity contribution is -0.132. The van der Waals surface area contributed by atoms with Crippen molar-refractivity contribution in [2.24, 2.45) is 0 Å². The van der Waals surface area contributed by atoms with Crippen molar-refractivity contribution in [1.29, 1.82) is 0 Å². The molecule has 1 aromatic heterocycles. The fourth-order valence-corrected chi connectivity index (χ4v) is 3.84. The minimum absolute atomic E-state index is 0.00460. The number of rotatable bonds is 4. The zero-order chi connectivity index (χ0) is 18.8. The molecule has 27 heavy (non-hydrogen) atoms. The highest BCUT2D eigenvalue weighted by atomic mass is 16.5. The van der Waals surface area contributed by atoms with Crippen molar-refractivity contribution in [2.75, 3.05) is 20.2 Å². The predicted molar refractivity (Wildman–Crippen MR) is 104 cm³/mol. The summed E-state index contributed by atoms with van der Waals surface area (Å²) in [7, 11) is 1.66. The normalized spacial score (nSPS) is 15.2. The van der Waals surface area contributed by atoms with Gasteiger partial charge in [0.15, 0.2) is 0 Å². The molecule has 0 unspecified atom stereocenters. The molecule has 1 amide bonds. The van der Waals surface area contributed by atoms with Crippen molar-refractivity contribution < 1.29 is 9.53 Å². The van der Waals surface area contributed by atoms with Gasteiger partial charge in [0, 0.05) is 13.1 Å². The Balaban J connectivity index is 1.41. The van der Waals surface area contributed by atoms with Gasteiger partial charge in [0.25, 0.3) is 0 Å². The molecule has 3 aromatic rings. The number of hydrogen-bond acceptors (Lipinski definition) is 3. The molecular weight excluding hydrogens is 342 g/mol. The lowest BCUT2D eigenvalue weighted by atomic mass is 9.89. The van der Waals surface area contributed by atoms with Crippen molar-refractivity contribution >= 4 is 16.9 Å². The third-order valence-electron chi connectivity index (χ3n) is 5.41. The highest BCUT2D eigenvalue weighted by molar-refractivity contribution is 5.80. The number of carbonyl (C=O) groups is 1. The number of nitrogens with one attached hydrogen (secondary N) is 1. The van der Waals surface area contributed by atoms with E-state index in [9.17, 15) is 9.59 Å². The minimum Gasteiger partial charge on any atom is -0.497 e. The second-order valence-corrected chi connectivity index (χ2v) is 6.96. The summed E-state index contributed by atoms with van der Waals surface area (Å²) in [5.74, 6) is 1.31. The topological polar surface area (TPSA) is 67.3 Å². The maximum atomic E-state index is 12.7. The van der Waals surface area contributed by atoms with E-state index in [1.807, 2.05) is 41.3 Å². The number of imidazole rings is 1. The van der Waals surface area contributed by atoms with Gasteiger partial charge in [0.2, 0.25) is 5.91 Å². The highest BCUT2D eigenvalue weighted by Crippen LogP contribution is 2.29. The Morgan fingerprint density at radius 2 is 1.81 bits per heavy atom. The monoisotopic (exact) mass is 365 g/mol. The average Bonchev–Trinajstić information content (AvgIpc) is 3.03. The summed E-state index contributed by atoms with van der Waals surface area (Å²) in [4.78, 5) is 29.6. The molecule has 2 heterocycles. The fourth-order valence-electron chi connectivity index (χ4n) is 3.84. The number of likely N-dealkylation sites (tertiary alicyclic amines) is 1. The van der Waals surface area contributed by atoms with Gasteiger partial charge in [-0.05, 0) is 48.6 Å². The molecule has 0 aliphatic carbocycles. The Hall–Kier alpha value is -3.02. The molecule has 6 heteroatoms. The Morgan fingerprint density at radius 1 is 1.11 bits per heavy atom. The van der Waals surface area contributed by atoms with Crippen LogP contribution in [0.15, 0.2) is 53.3 Å². The molecule has 0 saturated carbocycles. The first-order valence-corrected chi connectivity index (χ1v) is 9.25. The molecule has 4 rings (SSSR count). The van der Waals surface area contributed by atoms with Crippen LogP contribution in [0.1, 0.15) is 24.3 Å². The molecule has 6 nitrogen and oxygen atoms in total. The van der Waals surface area contributed by atoms with E-state index < -0.39 is 0 Å². The summed E-state index contributed by atoms with van der Waals surface area (Å²) in [6.07, 6.45) is 1.86. The van der Waals surface area contributed by atoms with Crippen LogP contribution in [0.5, 0.6) is 5.75 Å². The van der Waals surface area contributed by atoms with Gasteiger partial charge in [0.1, 0.15) is 12.3 Å². The molecule has 0 radical (unpaired) electrons. The van der Waals surface area contributed by atoms with Crippen LogP contribution in [0, 0.1) is 0 Å². The third kappa shape index (κ3) is 3.47. The lowest BCUT2D eigenvalue weighted by Crippen LogP contribution is -2.40. The number of fused-ring (bicyclic) bond motifs is 1. The van der Waals surface area contributed by atoms with Crippen molar-refractivity contribution in [3.63, 3.8) is 0 Å². The predicted octanol–water partition coefficient (Wildman–Crippen LogP) is 2.74. The Kier molecular flexibility index (Phi) is 4.71. The maximum Gasteiger partial charge on any atom is 0.326 e. The number of H-pyrrole nitrogens is 1. The van der Waals surface area contributed by atoms with Gasteiger partial charge in [-0.1, -0.05) is 24.3 Å². The van der Waals surface area contributed by atoms with E-state index in [0.29, 0.717) is 19.0 Å². The first-order valence-electron chi connectivity index (χ1n) is 9.25. The molecule has 1 N–H and O–H groups in total. The van der Waals surface area contributed by atoms with Crippen LogP contribution < -0.4 is 10.4 Å². The van der Waals surface area contributed by atoms with Gasteiger partial charge in [-0.25, -0.2) is 4.79 Å². The van der Waals surface area contributed by atoms with Crippen LogP contribution >= 0.6 is 0 Å². The van der Waals surface area contributed by atoms with Crippen LogP contribution in [-0.2, 0) is 11.3 Å². The molecule has 0 atom stereocenters. The van der Waals surface area contributed by atoms with Gasteiger partial charge in [0.05, 0.1) is 18.1 Å². The number of methoxy groups -OCH3 is 1. The van der Waals surface area contributed by atoms with E-state index in [-0.39, 0.29) is 18.1 Å². The smallest absolute Gasteiger partial charge is 0.326 e. The van der Waals surface area contributed by atoms with E-state index >= 15 is 0 Å². The number of para-hydroxylation sites is 2. The molecule has 0 spiro atoms. The Labute approximate surface area is 157 Å². The molecule has 2 aromatic carbocycles.